The Kier molecular flexibility index (Phi) is 7.28. The highest BCUT2D eigenvalue weighted by atomic mass is 32.1. The van der Waals surface area contributed by atoms with Gasteiger partial charge in [0.1, 0.15) is 0 Å². The molecule has 0 bridgehead atoms. The molecule has 104 valence electrons. The molecule has 1 aromatic heterocycles. The monoisotopic (exact) mass is 269 g/mol. The molecule has 3 nitrogen and oxygen atoms in total. The van der Waals surface area contributed by atoms with Gasteiger partial charge in [0.2, 0.25) is 0 Å². The van der Waals surface area contributed by atoms with Gasteiger partial charge in [-0.1, -0.05) is 27.2 Å². The standard InChI is InChI=1S/C14H27N3S/c1-5-8-9-17(12(4)6-2)14-16-13(11-18-14)10-15-7-3/h11-12,15H,5-10H2,1-4H3. The summed E-state index contributed by atoms with van der Waals surface area (Å²) in [7, 11) is 0. The van der Waals surface area contributed by atoms with E-state index in [1.54, 1.807) is 11.3 Å². The van der Waals surface area contributed by atoms with E-state index in [-0.39, 0.29) is 0 Å². The van der Waals surface area contributed by atoms with E-state index in [1.165, 1.54) is 30.1 Å². The van der Waals surface area contributed by atoms with Crippen molar-refractivity contribution in [1.82, 2.24) is 10.3 Å². The van der Waals surface area contributed by atoms with Gasteiger partial charge in [0, 0.05) is 24.5 Å². The van der Waals surface area contributed by atoms with Crippen LogP contribution in [0.15, 0.2) is 5.38 Å². The molecule has 0 spiro atoms. The lowest BCUT2D eigenvalue weighted by atomic mass is 10.2. The van der Waals surface area contributed by atoms with Gasteiger partial charge < -0.3 is 10.2 Å². The summed E-state index contributed by atoms with van der Waals surface area (Å²) in [6.45, 7) is 11.9. The Hall–Kier alpha value is -0.610. The fourth-order valence-electron chi connectivity index (χ4n) is 1.82. The van der Waals surface area contributed by atoms with Gasteiger partial charge in [-0.05, 0) is 26.3 Å². The van der Waals surface area contributed by atoms with Gasteiger partial charge in [0.05, 0.1) is 5.69 Å². The fourth-order valence-corrected chi connectivity index (χ4v) is 2.77. The van der Waals surface area contributed by atoms with E-state index in [1.807, 2.05) is 0 Å². The van der Waals surface area contributed by atoms with E-state index in [4.69, 9.17) is 4.98 Å². The lowest BCUT2D eigenvalue weighted by molar-refractivity contribution is 0.593. The quantitative estimate of drug-likeness (QED) is 0.741. The molecule has 0 amide bonds. The highest BCUT2D eigenvalue weighted by Crippen LogP contribution is 2.24. The molecule has 1 atom stereocenters. The summed E-state index contributed by atoms with van der Waals surface area (Å²) >= 11 is 1.78. The highest BCUT2D eigenvalue weighted by molar-refractivity contribution is 7.13. The minimum absolute atomic E-state index is 0.578. The molecular weight excluding hydrogens is 242 g/mol. The summed E-state index contributed by atoms with van der Waals surface area (Å²) in [6.07, 6.45) is 3.65. The number of thiazole rings is 1. The maximum absolute atomic E-state index is 4.75. The van der Waals surface area contributed by atoms with Crippen LogP contribution in [0.1, 0.15) is 52.7 Å². The molecule has 0 saturated carbocycles. The second kappa shape index (κ2) is 8.48. The summed E-state index contributed by atoms with van der Waals surface area (Å²) in [6, 6.07) is 0.578. The predicted octanol–water partition coefficient (Wildman–Crippen LogP) is 3.66. The van der Waals surface area contributed by atoms with E-state index in [9.17, 15) is 0 Å². The van der Waals surface area contributed by atoms with Crippen molar-refractivity contribution >= 4 is 16.5 Å². The molecule has 1 unspecified atom stereocenters. The van der Waals surface area contributed by atoms with Crippen LogP contribution in [-0.4, -0.2) is 24.1 Å². The highest BCUT2D eigenvalue weighted by Gasteiger charge is 2.15. The molecule has 0 radical (unpaired) electrons. The van der Waals surface area contributed by atoms with Crippen molar-refractivity contribution in [3.05, 3.63) is 11.1 Å². The molecule has 18 heavy (non-hydrogen) atoms. The molecule has 0 aliphatic carbocycles. The maximum atomic E-state index is 4.75. The van der Waals surface area contributed by atoms with Crippen molar-refractivity contribution < 1.29 is 0 Å². The molecule has 0 fully saturated rings. The number of unbranched alkanes of at least 4 members (excludes halogenated alkanes) is 1. The van der Waals surface area contributed by atoms with Crippen molar-refractivity contribution in [3.8, 4) is 0 Å². The van der Waals surface area contributed by atoms with Gasteiger partial charge >= 0.3 is 0 Å². The molecule has 4 heteroatoms. The average molecular weight is 269 g/mol. The first kappa shape index (κ1) is 15.4. The number of nitrogens with zero attached hydrogens (tertiary/aromatic N) is 2. The second-order valence-corrected chi connectivity index (χ2v) is 5.54. The predicted molar refractivity (Wildman–Crippen MR) is 81.5 cm³/mol. The number of aromatic nitrogens is 1. The Labute approximate surface area is 116 Å². The number of hydrogen-bond acceptors (Lipinski definition) is 4. The topological polar surface area (TPSA) is 28.2 Å². The van der Waals surface area contributed by atoms with Crippen LogP contribution in [0, 0.1) is 0 Å². The largest absolute Gasteiger partial charge is 0.345 e. The molecular formula is C14H27N3S. The van der Waals surface area contributed by atoms with E-state index >= 15 is 0 Å². The van der Waals surface area contributed by atoms with Crippen LogP contribution in [0.5, 0.6) is 0 Å². The Morgan fingerprint density at radius 2 is 2.17 bits per heavy atom. The first-order chi connectivity index (χ1) is 8.72. The first-order valence-electron chi connectivity index (χ1n) is 7.14. The van der Waals surface area contributed by atoms with E-state index in [0.29, 0.717) is 6.04 Å². The van der Waals surface area contributed by atoms with Gasteiger partial charge in [-0.2, -0.15) is 0 Å². The number of anilines is 1. The Morgan fingerprint density at radius 3 is 2.78 bits per heavy atom. The molecule has 1 heterocycles. The van der Waals surface area contributed by atoms with Crippen LogP contribution in [-0.2, 0) is 6.54 Å². The third kappa shape index (κ3) is 4.58. The zero-order chi connectivity index (χ0) is 13.4. The average Bonchev–Trinajstić information content (AvgIpc) is 2.85. The molecule has 0 saturated heterocycles. The van der Waals surface area contributed by atoms with Crippen molar-refractivity contribution in [2.75, 3.05) is 18.0 Å². The van der Waals surface area contributed by atoms with Crippen molar-refractivity contribution in [2.24, 2.45) is 0 Å². The zero-order valence-corrected chi connectivity index (χ0v) is 13.0. The third-order valence-electron chi connectivity index (χ3n) is 3.22. The zero-order valence-electron chi connectivity index (χ0n) is 12.2. The number of nitrogens with one attached hydrogen (secondary N) is 1. The molecule has 1 rings (SSSR count). The van der Waals surface area contributed by atoms with Gasteiger partial charge in [-0.25, -0.2) is 4.98 Å². The van der Waals surface area contributed by atoms with Crippen LogP contribution < -0.4 is 10.2 Å². The third-order valence-corrected chi connectivity index (χ3v) is 4.14. The van der Waals surface area contributed by atoms with Crippen molar-refractivity contribution in [2.45, 2.75) is 59.5 Å². The smallest absolute Gasteiger partial charge is 0.185 e. The molecule has 0 aliphatic heterocycles. The molecule has 0 aliphatic rings. The van der Waals surface area contributed by atoms with E-state index in [2.05, 4.69) is 43.3 Å². The van der Waals surface area contributed by atoms with E-state index < -0.39 is 0 Å². The Bertz CT molecular complexity index is 325. The molecule has 0 aromatic carbocycles. The number of hydrogen-bond donors (Lipinski definition) is 1. The maximum Gasteiger partial charge on any atom is 0.185 e. The van der Waals surface area contributed by atoms with Crippen molar-refractivity contribution in [3.63, 3.8) is 0 Å². The van der Waals surface area contributed by atoms with Crippen LogP contribution in [0.3, 0.4) is 0 Å². The molecule has 1 N–H and O–H groups in total. The minimum atomic E-state index is 0.578. The number of rotatable bonds is 9. The first-order valence-corrected chi connectivity index (χ1v) is 8.02. The molecule has 1 aromatic rings. The summed E-state index contributed by atoms with van der Waals surface area (Å²) in [5.74, 6) is 0. The van der Waals surface area contributed by atoms with Crippen LogP contribution in [0.25, 0.3) is 0 Å². The summed E-state index contributed by atoms with van der Waals surface area (Å²) in [4.78, 5) is 7.21. The van der Waals surface area contributed by atoms with Gasteiger partial charge in [0.25, 0.3) is 0 Å². The van der Waals surface area contributed by atoms with E-state index in [0.717, 1.165) is 19.6 Å². The normalized spacial score (nSPS) is 12.7. The van der Waals surface area contributed by atoms with Crippen molar-refractivity contribution in [1.29, 1.82) is 0 Å². The van der Waals surface area contributed by atoms with Crippen LogP contribution >= 0.6 is 11.3 Å². The lowest BCUT2D eigenvalue weighted by Gasteiger charge is -2.28. The SMILES string of the molecule is CCCCN(c1nc(CNCC)cs1)C(C)CC. The van der Waals surface area contributed by atoms with Crippen LogP contribution in [0.2, 0.25) is 0 Å². The summed E-state index contributed by atoms with van der Waals surface area (Å²) < 4.78 is 0. The van der Waals surface area contributed by atoms with Gasteiger partial charge in [-0.15, -0.1) is 11.3 Å². The minimum Gasteiger partial charge on any atom is -0.345 e. The van der Waals surface area contributed by atoms with Crippen LogP contribution in [0.4, 0.5) is 5.13 Å². The lowest BCUT2D eigenvalue weighted by Crippen LogP contribution is -2.33. The second-order valence-electron chi connectivity index (χ2n) is 4.71. The fraction of sp³-hybridized carbons (Fsp3) is 0.786. The Balaban J connectivity index is 2.68. The summed E-state index contributed by atoms with van der Waals surface area (Å²) in [5, 5.41) is 6.69. The Morgan fingerprint density at radius 1 is 1.39 bits per heavy atom. The van der Waals surface area contributed by atoms with Gasteiger partial charge in [-0.3, -0.25) is 0 Å². The van der Waals surface area contributed by atoms with Gasteiger partial charge in [0.15, 0.2) is 5.13 Å². The summed E-state index contributed by atoms with van der Waals surface area (Å²) in [5.41, 5.74) is 1.17.